The van der Waals surface area contributed by atoms with Crippen LogP contribution in [0.5, 0.6) is 5.75 Å². The number of fused-ring (bicyclic) bond motifs is 1. The summed E-state index contributed by atoms with van der Waals surface area (Å²) in [6.07, 6.45) is 1.70. The van der Waals surface area contributed by atoms with Crippen LogP contribution >= 0.6 is 0 Å². The highest BCUT2D eigenvalue weighted by molar-refractivity contribution is 6.06. The Kier molecular flexibility index (Phi) is 5.45. The number of para-hydroxylation sites is 2. The Balaban J connectivity index is 1.95. The van der Waals surface area contributed by atoms with Crippen molar-refractivity contribution >= 4 is 28.2 Å². The molecule has 0 aliphatic rings. The Morgan fingerprint density at radius 1 is 1.00 bits per heavy atom. The zero-order valence-electron chi connectivity index (χ0n) is 15.7. The van der Waals surface area contributed by atoms with E-state index >= 15 is 0 Å². The van der Waals surface area contributed by atoms with Gasteiger partial charge >= 0.3 is 6.03 Å². The molecule has 0 fully saturated rings. The van der Waals surface area contributed by atoms with Crippen molar-refractivity contribution in [2.75, 3.05) is 17.7 Å². The molecule has 2 aromatic carbocycles. The number of carbonyl (C=O) groups is 1. The minimum absolute atomic E-state index is 0.0602. The normalized spacial score (nSPS) is 10.8. The number of pyridine rings is 1. The van der Waals surface area contributed by atoms with Crippen LogP contribution in [0.4, 0.5) is 16.2 Å². The first-order valence-corrected chi connectivity index (χ1v) is 8.82. The van der Waals surface area contributed by atoms with E-state index in [1.54, 1.807) is 36.1 Å². The second-order valence-electron chi connectivity index (χ2n) is 6.72. The van der Waals surface area contributed by atoms with Crippen LogP contribution < -0.4 is 20.9 Å². The van der Waals surface area contributed by atoms with Gasteiger partial charge in [0, 0.05) is 23.5 Å². The average Bonchev–Trinajstić information content (AvgIpc) is 2.65. The summed E-state index contributed by atoms with van der Waals surface area (Å²) in [4.78, 5) is 25.2. The van der Waals surface area contributed by atoms with Gasteiger partial charge in [0.2, 0.25) is 0 Å². The van der Waals surface area contributed by atoms with E-state index in [0.717, 1.165) is 0 Å². The summed E-state index contributed by atoms with van der Waals surface area (Å²) >= 11 is 0. The molecule has 1 aromatic heterocycles. The summed E-state index contributed by atoms with van der Waals surface area (Å²) in [5, 5.41) is 6.93. The second-order valence-corrected chi connectivity index (χ2v) is 6.72. The molecule has 1 heterocycles. The van der Waals surface area contributed by atoms with Crippen molar-refractivity contribution in [2.24, 2.45) is 5.92 Å². The van der Waals surface area contributed by atoms with Gasteiger partial charge in [-0.2, -0.15) is 0 Å². The van der Waals surface area contributed by atoms with Crippen molar-refractivity contribution in [1.82, 2.24) is 4.57 Å². The molecule has 0 saturated heterocycles. The molecule has 0 unspecified atom stereocenters. The van der Waals surface area contributed by atoms with Crippen LogP contribution in [0.3, 0.4) is 0 Å². The number of hydrogen-bond acceptors (Lipinski definition) is 3. The number of carbonyl (C=O) groups excluding carboxylic acids is 1. The Bertz CT molecular complexity index is 1020. The van der Waals surface area contributed by atoms with Crippen molar-refractivity contribution in [3.05, 3.63) is 65.1 Å². The molecule has 6 nitrogen and oxygen atoms in total. The zero-order chi connectivity index (χ0) is 19.4. The Labute approximate surface area is 157 Å². The number of nitrogens with one attached hydrogen (secondary N) is 2. The molecular formula is C21H23N3O3. The minimum atomic E-state index is -0.403. The fourth-order valence-corrected chi connectivity index (χ4v) is 3.00. The molecule has 140 valence electrons. The maximum absolute atomic E-state index is 12.7. The van der Waals surface area contributed by atoms with Crippen molar-refractivity contribution in [3.8, 4) is 5.75 Å². The molecule has 0 aliphatic heterocycles. The average molecular weight is 365 g/mol. The Hall–Kier alpha value is -3.28. The summed E-state index contributed by atoms with van der Waals surface area (Å²) < 4.78 is 6.90. The van der Waals surface area contributed by atoms with Crippen LogP contribution in [0.15, 0.2) is 59.5 Å². The van der Waals surface area contributed by atoms with Gasteiger partial charge in [-0.05, 0) is 24.1 Å². The molecule has 0 saturated carbocycles. The van der Waals surface area contributed by atoms with Crippen LogP contribution in [-0.2, 0) is 6.54 Å². The predicted molar refractivity (Wildman–Crippen MR) is 109 cm³/mol. The number of anilines is 2. The Morgan fingerprint density at radius 2 is 1.63 bits per heavy atom. The standard InChI is InChI=1S/C21H23N3O3/c1-14(2)12-24-13-18(15-8-4-5-9-16(15)20(24)25)23-21(26)22-17-10-6-7-11-19(17)27-3/h4-11,13-14H,12H2,1-3H3,(H2,22,23,26). The summed E-state index contributed by atoms with van der Waals surface area (Å²) in [5.41, 5.74) is 1.09. The van der Waals surface area contributed by atoms with E-state index in [4.69, 9.17) is 4.74 Å². The molecule has 0 aliphatic carbocycles. The molecule has 0 atom stereocenters. The van der Waals surface area contributed by atoms with Crippen LogP contribution in [-0.4, -0.2) is 17.7 Å². The maximum Gasteiger partial charge on any atom is 0.323 e. The number of aromatic nitrogens is 1. The highest BCUT2D eigenvalue weighted by Crippen LogP contribution is 2.24. The van der Waals surface area contributed by atoms with Gasteiger partial charge in [0.25, 0.3) is 5.56 Å². The van der Waals surface area contributed by atoms with E-state index in [2.05, 4.69) is 10.6 Å². The summed E-state index contributed by atoms with van der Waals surface area (Å²) in [5.74, 6) is 0.876. The van der Waals surface area contributed by atoms with Crippen molar-refractivity contribution in [2.45, 2.75) is 20.4 Å². The SMILES string of the molecule is COc1ccccc1NC(=O)Nc1cn(CC(C)C)c(=O)c2ccccc12. The van der Waals surface area contributed by atoms with Crippen molar-refractivity contribution in [1.29, 1.82) is 0 Å². The lowest BCUT2D eigenvalue weighted by Gasteiger charge is -2.15. The monoisotopic (exact) mass is 365 g/mol. The first-order chi connectivity index (χ1) is 13.0. The number of rotatable bonds is 5. The minimum Gasteiger partial charge on any atom is -0.495 e. The predicted octanol–water partition coefficient (Wildman–Crippen LogP) is 4.31. The molecule has 27 heavy (non-hydrogen) atoms. The molecule has 6 heteroatoms. The third kappa shape index (κ3) is 4.11. The number of ether oxygens (including phenoxy) is 1. The fourth-order valence-electron chi connectivity index (χ4n) is 3.00. The molecule has 0 spiro atoms. The van der Waals surface area contributed by atoms with Crippen LogP contribution in [0.1, 0.15) is 13.8 Å². The highest BCUT2D eigenvalue weighted by atomic mass is 16.5. The van der Waals surface area contributed by atoms with Gasteiger partial charge in [0.1, 0.15) is 5.75 Å². The van der Waals surface area contributed by atoms with E-state index in [-0.39, 0.29) is 5.56 Å². The first kappa shape index (κ1) is 18.5. The number of amides is 2. The lowest BCUT2D eigenvalue weighted by atomic mass is 10.1. The van der Waals surface area contributed by atoms with Crippen LogP contribution in [0.25, 0.3) is 10.8 Å². The van der Waals surface area contributed by atoms with Gasteiger partial charge in [-0.15, -0.1) is 0 Å². The quantitative estimate of drug-likeness (QED) is 0.708. The number of nitrogens with zero attached hydrogens (tertiary/aromatic N) is 1. The Morgan fingerprint density at radius 3 is 2.33 bits per heavy atom. The van der Waals surface area contributed by atoms with Gasteiger partial charge in [0.15, 0.2) is 0 Å². The zero-order valence-corrected chi connectivity index (χ0v) is 15.7. The summed E-state index contributed by atoms with van der Waals surface area (Å²) in [6.45, 7) is 4.67. The van der Waals surface area contributed by atoms with Gasteiger partial charge in [-0.3, -0.25) is 4.79 Å². The van der Waals surface area contributed by atoms with Crippen LogP contribution in [0, 0.1) is 5.92 Å². The molecule has 3 rings (SSSR count). The van der Waals surface area contributed by atoms with Crippen LogP contribution in [0.2, 0.25) is 0 Å². The number of methoxy groups -OCH3 is 1. The van der Waals surface area contributed by atoms with E-state index in [9.17, 15) is 9.59 Å². The lowest BCUT2D eigenvalue weighted by Crippen LogP contribution is -2.25. The third-order valence-corrected chi connectivity index (χ3v) is 4.16. The van der Waals surface area contributed by atoms with Crippen molar-refractivity contribution in [3.63, 3.8) is 0 Å². The van der Waals surface area contributed by atoms with Gasteiger partial charge < -0.3 is 19.9 Å². The largest absolute Gasteiger partial charge is 0.495 e. The maximum atomic E-state index is 12.7. The molecular weight excluding hydrogens is 342 g/mol. The number of benzene rings is 2. The van der Waals surface area contributed by atoms with E-state index in [1.165, 1.54) is 0 Å². The number of hydrogen-bond donors (Lipinski definition) is 2. The van der Waals surface area contributed by atoms with Crippen molar-refractivity contribution < 1.29 is 9.53 Å². The molecule has 0 bridgehead atoms. The smallest absolute Gasteiger partial charge is 0.323 e. The van der Waals surface area contributed by atoms with E-state index in [0.29, 0.717) is 40.4 Å². The van der Waals surface area contributed by atoms with Gasteiger partial charge in [-0.1, -0.05) is 44.2 Å². The summed E-state index contributed by atoms with van der Waals surface area (Å²) in [6, 6.07) is 14.0. The second kappa shape index (κ2) is 7.95. The molecule has 2 amide bonds. The first-order valence-electron chi connectivity index (χ1n) is 8.82. The molecule has 2 N–H and O–H groups in total. The highest BCUT2D eigenvalue weighted by Gasteiger charge is 2.13. The summed E-state index contributed by atoms with van der Waals surface area (Å²) in [7, 11) is 1.55. The van der Waals surface area contributed by atoms with E-state index < -0.39 is 6.03 Å². The molecule has 3 aromatic rings. The van der Waals surface area contributed by atoms with Gasteiger partial charge in [-0.25, -0.2) is 4.79 Å². The topological polar surface area (TPSA) is 72.4 Å². The number of urea groups is 1. The fraction of sp³-hybridized carbons (Fsp3) is 0.238. The lowest BCUT2D eigenvalue weighted by molar-refractivity contribution is 0.262. The van der Waals surface area contributed by atoms with E-state index in [1.807, 2.05) is 44.2 Å². The molecule has 0 radical (unpaired) electrons. The van der Waals surface area contributed by atoms with Gasteiger partial charge in [0.05, 0.1) is 18.5 Å². The third-order valence-electron chi connectivity index (χ3n) is 4.16.